The molecule has 3 unspecified atom stereocenters. The van der Waals surface area contributed by atoms with Crippen LogP contribution in [0.3, 0.4) is 0 Å². The first kappa shape index (κ1) is 25.3. The molecule has 0 spiro atoms. The van der Waals surface area contributed by atoms with Crippen molar-refractivity contribution in [2.45, 2.75) is 74.3 Å². The molecule has 2 rings (SSSR count). The molecule has 0 radical (unpaired) electrons. The van der Waals surface area contributed by atoms with Crippen molar-refractivity contribution in [2.24, 2.45) is 5.92 Å². The molecular weight excluding hydrogens is 412 g/mol. The van der Waals surface area contributed by atoms with Gasteiger partial charge in [0.1, 0.15) is 36.6 Å². The summed E-state index contributed by atoms with van der Waals surface area (Å²) in [5.74, 6) is -4.18. The first-order valence-corrected chi connectivity index (χ1v) is 9.42. The largest absolute Gasteiger partial charge is 0.465 e. The van der Waals surface area contributed by atoms with Crippen molar-refractivity contribution in [2.75, 3.05) is 20.3 Å². The van der Waals surface area contributed by atoms with E-state index in [0.717, 1.165) is 7.11 Å². The number of carbonyl (C=O) groups is 1. The molecule has 0 amide bonds. The molecule has 2 aliphatic rings. The molecule has 0 aromatic heterocycles. The van der Waals surface area contributed by atoms with Crippen LogP contribution in [0, 0.1) is 5.92 Å². The van der Waals surface area contributed by atoms with Crippen molar-refractivity contribution in [3.8, 4) is 0 Å². The molecule has 0 aromatic carbocycles. The zero-order valence-corrected chi connectivity index (χ0v) is 16.5. The smallest absolute Gasteiger partial charge is 0.366 e. The SMILES string of the molecule is COC(=O)[C@@]1(OCC2O[C@H](O)C(O)[C@@H](O)[C@@H]2O)C[C@@H](O)[C@@H](C)C([C@H](O)[C@H](O)CO)O1. The van der Waals surface area contributed by atoms with Crippen molar-refractivity contribution >= 4 is 5.97 Å². The maximum atomic E-state index is 12.5. The number of aliphatic hydroxyl groups excluding tert-OH is 8. The summed E-state index contributed by atoms with van der Waals surface area (Å²) in [7, 11) is 1.02. The molecule has 2 saturated heterocycles. The highest BCUT2D eigenvalue weighted by atomic mass is 16.7. The monoisotopic (exact) mass is 442 g/mol. The normalized spacial score (nSPS) is 44.3. The van der Waals surface area contributed by atoms with Crippen molar-refractivity contribution < 1.29 is 64.6 Å². The van der Waals surface area contributed by atoms with Gasteiger partial charge in [0.15, 0.2) is 6.29 Å². The second-order valence-corrected chi connectivity index (χ2v) is 7.55. The lowest BCUT2D eigenvalue weighted by Gasteiger charge is -2.46. The van der Waals surface area contributed by atoms with Gasteiger partial charge in [-0.3, -0.25) is 0 Å². The number of hydrogen-bond acceptors (Lipinski definition) is 13. The molecule has 30 heavy (non-hydrogen) atoms. The highest BCUT2D eigenvalue weighted by Crippen LogP contribution is 2.37. The minimum atomic E-state index is -2.30. The molecule has 2 aliphatic heterocycles. The molecule has 8 N–H and O–H groups in total. The van der Waals surface area contributed by atoms with Crippen LogP contribution in [-0.4, -0.2) is 128 Å². The first-order chi connectivity index (χ1) is 14.0. The Morgan fingerprint density at radius 1 is 1.13 bits per heavy atom. The van der Waals surface area contributed by atoms with Gasteiger partial charge in [-0.05, 0) is 0 Å². The van der Waals surface area contributed by atoms with Gasteiger partial charge in [-0.25, -0.2) is 4.79 Å². The highest BCUT2D eigenvalue weighted by molar-refractivity contribution is 5.78. The zero-order valence-electron chi connectivity index (χ0n) is 16.5. The lowest BCUT2D eigenvalue weighted by atomic mass is 9.84. The molecular formula is C17H30O13. The van der Waals surface area contributed by atoms with Crippen molar-refractivity contribution in [3.63, 3.8) is 0 Å². The van der Waals surface area contributed by atoms with Gasteiger partial charge in [-0.15, -0.1) is 0 Å². The van der Waals surface area contributed by atoms with Crippen LogP contribution in [0.25, 0.3) is 0 Å². The summed E-state index contributed by atoms with van der Waals surface area (Å²) >= 11 is 0. The van der Waals surface area contributed by atoms with E-state index in [0.29, 0.717) is 0 Å². The van der Waals surface area contributed by atoms with E-state index < -0.39 is 92.4 Å². The van der Waals surface area contributed by atoms with Crippen molar-refractivity contribution in [3.05, 3.63) is 0 Å². The third-order valence-corrected chi connectivity index (χ3v) is 5.51. The van der Waals surface area contributed by atoms with Gasteiger partial charge in [-0.1, -0.05) is 6.92 Å². The quantitative estimate of drug-likeness (QED) is 0.174. The summed E-state index contributed by atoms with van der Waals surface area (Å²) in [6.45, 7) is 0.0334. The second kappa shape index (κ2) is 10.1. The number of aliphatic hydroxyl groups is 8. The molecule has 176 valence electrons. The molecule has 0 saturated carbocycles. The van der Waals surface area contributed by atoms with E-state index in [1.807, 2.05) is 0 Å². The average Bonchev–Trinajstić information content (AvgIpc) is 2.74. The Kier molecular flexibility index (Phi) is 8.51. The first-order valence-electron chi connectivity index (χ1n) is 9.42. The van der Waals surface area contributed by atoms with Gasteiger partial charge in [0.25, 0.3) is 5.79 Å². The Hall–Kier alpha value is -0.970. The number of rotatable bonds is 7. The van der Waals surface area contributed by atoms with Crippen molar-refractivity contribution in [1.29, 1.82) is 0 Å². The summed E-state index contributed by atoms with van der Waals surface area (Å²) in [4.78, 5) is 12.5. The zero-order chi connectivity index (χ0) is 22.8. The fraction of sp³-hybridized carbons (Fsp3) is 0.941. The standard InChI is InChI=1S/C17H30O13/c1-6-7(19)3-17(16(26)27-2,30-14(6)10(21)8(20)4-18)28-5-9-11(22)12(23)13(24)15(25)29-9/h6-15,18-25H,3-5H2,1-2H3/t6-,7-,8-,9?,10-,11-,12+,13?,14?,15+,17-/m1/s1. The van der Waals surface area contributed by atoms with Crippen LogP contribution >= 0.6 is 0 Å². The molecule has 2 fully saturated rings. The maximum Gasteiger partial charge on any atom is 0.366 e. The maximum absolute atomic E-state index is 12.5. The van der Waals surface area contributed by atoms with E-state index in [1.54, 1.807) is 0 Å². The van der Waals surface area contributed by atoms with Gasteiger partial charge < -0.3 is 59.8 Å². The van der Waals surface area contributed by atoms with Crippen LogP contribution in [0.15, 0.2) is 0 Å². The molecule has 11 atom stereocenters. The topological polar surface area (TPSA) is 216 Å². The summed E-state index contributed by atoms with van der Waals surface area (Å²) in [6.07, 6.45) is -14.8. The predicted molar refractivity (Wildman–Crippen MR) is 93.4 cm³/mol. The molecule has 0 aromatic rings. The number of methoxy groups -OCH3 is 1. The number of ether oxygens (including phenoxy) is 4. The lowest BCUT2D eigenvalue weighted by molar-refractivity contribution is -0.339. The Bertz CT molecular complexity index is 576. The Balaban J connectivity index is 2.23. The Labute approximate surface area is 172 Å². The number of carbonyl (C=O) groups excluding carboxylic acids is 1. The van der Waals surface area contributed by atoms with Crippen LogP contribution in [0.4, 0.5) is 0 Å². The molecule has 2 heterocycles. The van der Waals surface area contributed by atoms with Crippen LogP contribution in [0.5, 0.6) is 0 Å². The third-order valence-electron chi connectivity index (χ3n) is 5.51. The van der Waals surface area contributed by atoms with Gasteiger partial charge in [-0.2, -0.15) is 0 Å². The predicted octanol–water partition coefficient (Wildman–Crippen LogP) is -4.83. The van der Waals surface area contributed by atoms with Gasteiger partial charge in [0, 0.05) is 12.3 Å². The van der Waals surface area contributed by atoms with Crippen LogP contribution < -0.4 is 0 Å². The molecule has 0 aliphatic carbocycles. The molecule has 13 heteroatoms. The number of hydrogen-bond donors (Lipinski definition) is 8. The van der Waals surface area contributed by atoms with Gasteiger partial charge in [0.05, 0.1) is 32.5 Å². The summed E-state index contributed by atoms with van der Waals surface area (Å²) in [5.41, 5.74) is 0. The van der Waals surface area contributed by atoms with E-state index >= 15 is 0 Å². The van der Waals surface area contributed by atoms with Crippen molar-refractivity contribution in [1.82, 2.24) is 0 Å². The summed E-state index contributed by atoms with van der Waals surface area (Å²) in [6, 6.07) is 0. The fourth-order valence-electron chi connectivity index (χ4n) is 3.49. The average molecular weight is 442 g/mol. The summed E-state index contributed by atoms with van der Waals surface area (Å²) < 4.78 is 20.8. The summed E-state index contributed by atoms with van der Waals surface area (Å²) in [5, 5.41) is 78.5. The van der Waals surface area contributed by atoms with E-state index in [9.17, 15) is 40.5 Å². The van der Waals surface area contributed by atoms with Crippen LogP contribution in [0.1, 0.15) is 13.3 Å². The van der Waals surface area contributed by atoms with Gasteiger partial charge in [0.2, 0.25) is 0 Å². The van der Waals surface area contributed by atoms with Crippen LogP contribution in [-0.2, 0) is 23.7 Å². The van der Waals surface area contributed by atoms with E-state index in [-0.39, 0.29) is 0 Å². The Morgan fingerprint density at radius 3 is 2.33 bits per heavy atom. The van der Waals surface area contributed by atoms with Crippen LogP contribution in [0.2, 0.25) is 0 Å². The molecule has 13 nitrogen and oxygen atoms in total. The van der Waals surface area contributed by atoms with Gasteiger partial charge >= 0.3 is 5.97 Å². The highest BCUT2D eigenvalue weighted by Gasteiger charge is 2.55. The lowest BCUT2D eigenvalue weighted by Crippen LogP contribution is -2.63. The minimum Gasteiger partial charge on any atom is -0.465 e. The second-order valence-electron chi connectivity index (χ2n) is 7.55. The third kappa shape index (κ3) is 4.92. The van der Waals surface area contributed by atoms with E-state index in [1.165, 1.54) is 6.92 Å². The fourth-order valence-corrected chi connectivity index (χ4v) is 3.49. The minimum absolute atomic E-state index is 0.449. The number of esters is 1. The van der Waals surface area contributed by atoms with E-state index in [2.05, 4.69) is 4.74 Å². The van der Waals surface area contributed by atoms with E-state index in [4.69, 9.17) is 19.3 Å². The Morgan fingerprint density at radius 2 is 1.77 bits per heavy atom. The molecule has 0 bridgehead atoms.